The number of carbonyl (C=O) groups is 1. The Labute approximate surface area is 115 Å². The number of rotatable bonds is 3. The molecule has 0 radical (unpaired) electrons. The quantitative estimate of drug-likeness (QED) is 0.892. The van der Waals surface area contributed by atoms with Crippen LogP contribution < -0.4 is 10.6 Å². The third-order valence-electron chi connectivity index (χ3n) is 3.92. The lowest BCUT2D eigenvalue weighted by molar-refractivity contribution is -0.121. The molecule has 1 atom stereocenters. The van der Waals surface area contributed by atoms with Crippen LogP contribution >= 0.6 is 0 Å². The predicted molar refractivity (Wildman–Crippen MR) is 78.4 cm³/mol. The maximum absolute atomic E-state index is 12.4. The zero-order valence-corrected chi connectivity index (χ0v) is 12.0. The Balaban J connectivity index is 2.19. The fourth-order valence-electron chi connectivity index (χ4n) is 2.68. The summed E-state index contributed by atoms with van der Waals surface area (Å²) in [5.74, 6) is 0.170. The van der Waals surface area contributed by atoms with Gasteiger partial charge in [0.2, 0.25) is 5.91 Å². The van der Waals surface area contributed by atoms with E-state index < -0.39 is 0 Å². The number of anilines is 1. The number of nitrogens with zero attached hydrogens (tertiary/aromatic N) is 2. The van der Waals surface area contributed by atoms with Gasteiger partial charge < -0.3 is 10.6 Å². The highest BCUT2D eigenvalue weighted by atomic mass is 16.2. The van der Waals surface area contributed by atoms with Gasteiger partial charge in [0.15, 0.2) is 0 Å². The van der Waals surface area contributed by atoms with Crippen LogP contribution in [0.1, 0.15) is 18.1 Å². The van der Waals surface area contributed by atoms with Crippen LogP contribution in [-0.2, 0) is 4.79 Å². The van der Waals surface area contributed by atoms with Gasteiger partial charge in [-0.3, -0.25) is 9.69 Å². The molecule has 1 heterocycles. The lowest BCUT2D eigenvalue weighted by Gasteiger charge is -2.38. The van der Waals surface area contributed by atoms with Gasteiger partial charge in [-0.2, -0.15) is 0 Å². The van der Waals surface area contributed by atoms with Crippen molar-refractivity contribution in [2.75, 3.05) is 31.1 Å². The van der Waals surface area contributed by atoms with Crippen LogP contribution in [0.4, 0.5) is 5.69 Å². The molecule has 19 heavy (non-hydrogen) atoms. The summed E-state index contributed by atoms with van der Waals surface area (Å²) in [5.41, 5.74) is 9.07. The SMILES string of the molecule is Cc1cccc(C)c1N1CCN(C(C)CN)CC1=O. The van der Waals surface area contributed by atoms with E-state index in [2.05, 4.69) is 37.8 Å². The van der Waals surface area contributed by atoms with Crippen molar-refractivity contribution in [1.29, 1.82) is 0 Å². The molecule has 1 fully saturated rings. The molecule has 1 unspecified atom stereocenters. The molecule has 0 saturated carbocycles. The van der Waals surface area contributed by atoms with Gasteiger partial charge in [0.05, 0.1) is 6.54 Å². The number of benzene rings is 1. The number of nitrogens with two attached hydrogens (primary N) is 1. The van der Waals surface area contributed by atoms with Gasteiger partial charge in [0.1, 0.15) is 0 Å². The fraction of sp³-hybridized carbons (Fsp3) is 0.533. The van der Waals surface area contributed by atoms with E-state index in [1.807, 2.05) is 11.0 Å². The normalized spacial score (nSPS) is 18.7. The first-order chi connectivity index (χ1) is 9.04. The molecule has 1 aromatic carbocycles. The Morgan fingerprint density at radius 2 is 1.89 bits per heavy atom. The van der Waals surface area contributed by atoms with Crippen molar-refractivity contribution in [3.8, 4) is 0 Å². The van der Waals surface area contributed by atoms with Crippen molar-refractivity contribution < 1.29 is 4.79 Å². The number of hydrogen-bond acceptors (Lipinski definition) is 3. The Morgan fingerprint density at radius 3 is 2.42 bits per heavy atom. The van der Waals surface area contributed by atoms with Crippen LogP contribution in [0.15, 0.2) is 18.2 Å². The van der Waals surface area contributed by atoms with E-state index in [-0.39, 0.29) is 11.9 Å². The number of aryl methyl sites for hydroxylation is 2. The Bertz CT molecular complexity index is 452. The van der Waals surface area contributed by atoms with Crippen LogP contribution in [0.2, 0.25) is 0 Å². The summed E-state index contributed by atoms with van der Waals surface area (Å²) in [6.07, 6.45) is 0. The molecule has 1 aliphatic heterocycles. The summed E-state index contributed by atoms with van der Waals surface area (Å²) in [4.78, 5) is 16.5. The molecular formula is C15H23N3O. The monoisotopic (exact) mass is 261 g/mol. The topological polar surface area (TPSA) is 49.6 Å². The van der Waals surface area contributed by atoms with E-state index in [0.717, 1.165) is 29.9 Å². The van der Waals surface area contributed by atoms with Gasteiger partial charge in [-0.15, -0.1) is 0 Å². The third-order valence-corrected chi connectivity index (χ3v) is 3.92. The highest BCUT2D eigenvalue weighted by Crippen LogP contribution is 2.26. The average molecular weight is 261 g/mol. The van der Waals surface area contributed by atoms with Gasteiger partial charge in [0, 0.05) is 31.4 Å². The van der Waals surface area contributed by atoms with E-state index in [0.29, 0.717) is 13.1 Å². The molecule has 1 amide bonds. The molecule has 0 aromatic heterocycles. The lowest BCUT2D eigenvalue weighted by atomic mass is 10.1. The molecule has 4 nitrogen and oxygen atoms in total. The summed E-state index contributed by atoms with van der Waals surface area (Å²) in [6, 6.07) is 6.42. The number of carbonyl (C=O) groups excluding carboxylic acids is 1. The standard InChI is InChI=1S/C15H23N3O/c1-11-5-4-6-12(2)15(11)18-8-7-17(10-14(18)19)13(3)9-16/h4-6,13H,7-10,16H2,1-3H3. The van der Waals surface area contributed by atoms with Gasteiger partial charge in [-0.05, 0) is 31.9 Å². The fourth-order valence-corrected chi connectivity index (χ4v) is 2.68. The second kappa shape index (κ2) is 5.72. The number of amides is 1. The highest BCUT2D eigenvalue weighted by Gasteiger charge is 2.28. The minimum absolute atomic E-state index is 0.170. The second-order valence-electron chi connectivity index (χ2n) is 5.34. The molecule has 1 aliphatic rings. The van der Waals surface area contributed by atoms with Crippen molar-refractivity contribution in [3.05, 3.63) is 29.3 Å². The summed E-state index contributed by atoms with van der Waals surface area (Å²) in [6.45, 7) is 8.88. The van der Waals surface area contributed by atoms with Crippen LogP contribution in [0.5, 0.6) is 0 Å². The first kappa shape index (κ1) is 14.0. The molecule has 4 heteroatoms. The minimum Gasteiger partial charge on any atom is -0.329 e. The Kier molecular flexibility index (Phi) is 4.22. The molecule has 0 spiro atoms. The average Bonchev–Trinajstić information content (AvgIpc) is 2.39. The second-order valence-corrected chi connectivity index (χ2v) is 5.34. The van der Waals surface area contributed by atoms with E-state index in [1.165, 1.54) is 0 Å². The zero-order valence-electron chi connectivity index (χ0n) is 12.0. The van der Waals surface area contributed by atoms with Gasteiger partial charge >= 0.3 is 0 Å². The first-order valence-electron chi connectivity index (χ1n) is 6.85. The highest BCUT2D eigenvalue weighted by molar-refractivity contribution is 5.97. The first-order valence-corrected chi connectivity index (χ1v) is 6.85. The van der Waals surface area contributed by atoms with E-state index >= 15 is 0 Å². The predicted octanol–water partition coefficient (Wildman–Crippen LogP) is 1.30. The van der Waals surface area contributed by atoms with Crippen molar-refractivity contribution in [3.63, 3.8) is 0 Å². The molecule has 0 aliphatic carbocycles. The van der Waals surface area contributed by atoms with Crippen molar-refractivity contribution in [2.45, 2.75) is 26.8 Å². The number of hydrogen-bond donors (Lipinski definition) is 1. The summed E-state index contributed by atoms with van der Waals surface area (Å²) >= 11 is 0. The van der Waals surface area contributed by atoms with Crippen LogP contribution in [0, 0.1) is 13.8 Å². The van der Waals surface area contributed by atoms with E-state index in [4.69, 9.17) is 5.73 Å². The molecule has 1 saturated heterocycles. The minimum atomic E-state index is 0.170. The van der Waals surface area contributed by atoms with Gasteiger partial charge in [-0.1, -0.05) is 18.2 Å². The maximum atomic E-state index is 12.4. The zero-order chi connectivity index (χ0) is 14.0. The Hall–Kier alpha value is -1.39. The third kappa shape index (κ3) is 2.80. The molecule has 2 N–H and O–H groups in total. The molecule has 0 bridgehead atoms. The Morgan fingerprint density at radius 1 is 1.26 bits per heavy atom. The van der Waals surface area contributed by atoms with Crippen LogP contribution in [-0.4, -0.2) is 43.0 Å². The summed E-state index contributed by atoms with van der Waals surface area (Å²) in [5, 5.41) is 0. The number of piperazine rings is 1. The molecule has 2 rings (SSSR count). The molecule has 104 valence electrons. The van der Waals surface area contributed by atoms with E-state index in [9.17, 15) is 4.79 Å². The molecular weight excluding hydrogens is 238 g/mol. The lowest BCUT2D eigenvalue weighted by Crippen LogP contribution is -2.54. The van der Waals surface area contributed by atoms with Crippen molar-refractivity contribution >= 4 is 11.6 Å². The largest absolute Gasteiger partial charge is 0.329 e. The van der Waals surface area contributed by atoms with Gasteiger partial charge in [-0.25, -0.2) is 0 Å². The summed E-state index contributed by atoms with van der Waals surface area (Å²) in [7, 11) is 0. The van der Waals surface area contributed by atoms with Crippen LogP contribution in [0.3, 0.4) is 0 Å². The summed E-state index contributed by atoms with van der Waals surface area (Å²) < 4.78 is 0. The van der Waals surface area contributed by atoms with E-state index in [1.54, 1.807) is 0 Å². The van der Waals surface area contributed by atoms with Crippen LogP contribution in [0.25, 0.3) is 0 Å². The van der Waals surface area contributed by atoms with Crippen molar-refractivity contribution in [2.24, 2.45) is 5.73 Å². The van der Waals surface area contributed by atoms with Crippen molar-refractivity contribution in [1.82, 2.24) is 4.90 Å². The maximum Gasteiger partial charge on any atom is 0.241 e. The van der Waals surface area contributed by atoms with Gasteiger partial charge in [0.25, 0.3) is 0 Å². The molecule has 1 aromatic rings. The number of para-hydroxylation sites is 1. The smallest absolute Gasteiger partial charge is 0.241 e.